The molecule has 3 atom stereocenters. The van der Waals surface area contributed by atoms with Gasteiger partial charge < -0.3 is 20.1 Å². The Kier molecular flexibility index (Phi) is 6.88. The van der Waals surface area contributed by atoms with Crippen LogP contribution in [0.4, 0.5) is 0 Å². The second kappa shape index (κ2) is 8.68. The van der Waals surface area contributed by atoms with Crippen LogP contribution in [0.3, 0.4) is 0 Å². The number of pyridine rings is 1. The Morgan fingerprint density at radius 1 is 1.48 bits per heavy atom. The zero-order chi connectivity index (χ0) is 15.4. The lowest BCUT2D eigenvalue weighted by molar-refractivity contribution is 0.0992. The van der Waals surface area contributed by atoms with Crippen molar-refractivity contribution in [1.82, 2.24) is 15.6 Å². The summed E-state index contributed by atoms with van der Waals surface area (Å²) in [5.74, 6) is 1.46. The largest absolute Gasteiger partial charge is 0.481 e. The summed E-state index contributed by atoms with van der Waals surface area (Å²) in [6.45, 7) is 3.51. The fourth-order valence-electron chi connectivity index (χ4n) is 3.12. The number of hydrogen-bond donors (Lipinski definition) is 2. The molecule has 0 radical (unpaired) electrons. The van der Waals surface area contributed by atoms with Crippen molar-refractivity contribution in [1.29, 1.82) is 0 Å². The number of aromatic nitrogens is 1. The van der Waals surface area contributed by atoms with Gasteiger partial charge in [-0.05, 0) is 37.8 Å². The summed E-state index contributed by atoms with van der Waals surface area (Å²) in [6, 6.07) is 4.24. The Labute approximate surface area is 154 Å². The molecular weight excluding hydrogens is 407 g/mol. The van der Waals surface area contributed by atoms with Crippen molar-refractivity contribution in [2.75, 3.05) is 13.7 Å². The monoisotopic (exact) mass is 432 g/mol. The SMILES string of the molecule is CCNC(=NCc1ccnc(OC)c1)NC1CC2CCC1O2.I. The van der Waals surface area contributed by atoms with Crippen LogP contribution in [0, 0.1) is 0 Å². The van der Waals surface area contributed by atoms with Gasteiger partial charge >= 0.3 is 0 Å². The number of nitrogens with one attached hydrogen (secondary N) is 2. The summed E-state index contributed by atoms with van der Waals surface area (Å²) >= 11 is 0. The van der Waals surface area contributed by atoms with Crippen molar-refractivity contribution in [2.24, 2.45) is 4.99 Å². The Morgan fingerprint density at radius 2 is 2.35 bits per heavy atom. The van der Waals surface area contributed by atoms with Gasteiger partial charge in [0.2, 0.25) is 5.88 Å². The van der Waals surface area contributed by atoms with Crippen LogP contribution in [0.5, 0.6) is 5.88 Å². The van der Waals surface area contributed by atoms with Crippen LogP contribution in [0.2, 0.25) is 0 Å². The van der Waals surface area contributed by atoms with Crippen LogP contribution >= 0.6 is 24.0 Å². The van der Waals surface area contributed by atoms with Crippen molar-refractivity contribution in [3.63, 3.8) is 0 Å². The second-order valence-corrected chi connectivity index (χ2v) is 5.76. The predicted molar refractivity (Wildman–Crippen MR) is 100 cm³/mol. The van der Waals surface area contributed by atoms with E-state index < -0.39 is 0 Å². The van der Waals surface area contributed by atoms with Crippen LogP contribution in [0.15, 0.2) is 23.3 Å². The molecule has 2 bridgehead atoms. The third kappa shape index (κ3) is 4.69. The van der Waals surface area contributed by atoms with Gasteiger partial charge in [0.05, 0.1) is 31.9 Å². The van der Waals surface area contributed by atoms with Gasteiger partial charge in [-0.3, -0.25) is 0 Å². The van der Waals surface area contributed by atoms with E-state index in [9.17, 15) is 0 Å². The van der Waals surface area contributed by atoms with Crippen molar-refractivity contribution in [3.8, 4) is 5.88 Å². The highest BCUT2D eigenvalue weighted by Gasteiger charge is 2.41. The predicted octanol–water partition coefficient (Wildman–Crippen LogP) is 2.08. The number of ether oxygens (including phenoxy) is 2. The van der Waals surface area contributed by atoms with Gasteiger partial charge in [0.1, 0.15) is 0 Å². The fourth-order valence-corrected chi connectivity index (χ4v) is 3.12. The van der Waals surface area contributed by atoms with Gasteiger partial charge in [0.15, 0.2) is 5.96 Å². The highest BCUT2D eigenvalue weighted by atomic mass is 127. The molecule has 2 saturated heterocycles. The molecule has 0 saturated carbocycles. The minimum atomic E-state index is 0. The zero-order valence-corrected chi connectivity index (χ0v) is 15.9. The first kappa shape index (κ1) is 18.3. The van der Waals surface area contributed by atoms with Gasteiger partial charge in [0, 0.05) is 18.8 Å². The van der Waals surface area contributed by atoms with Crippen molar-refractivity contribution >= 4 is 29.9 Å². The molecule has 6 nitrogen and oxygen atoms in total. The van der Waals surface area contributed by atoms with E-state index >= 15 is 0 Å². The van der Waals surface area contributed by atoms with Crippen LogP contribution in [-0.4, -0.2) is 42.8 Å². The van der Waals surface area contributed by atoms with E-state index in [1.807, 2.05) is 12.1 Å². The summed E-state index contributed by atoms with van der Waals surface area (Å²) in [7, 11) is 1.62. The molecular formula is C16H25IN4O2. The molecule has 2 fully saturated rings. The van der Waals surface area contributed by atoms with E-state index in [0.717, 1.165) is 30.9 Å². The maximum Gasteiger partial charge on any atom is 0.213 e. The Bertz CT molecular complexity index is 541. The standard InChI is InChI=1S/C16H24N4O2.HI/c1-3-17-16(20-13-9-12-4-5-14(13)22-12)19-10-11-6-7-18-15(8-11)21-2;/h6-8,12-14H,3-5,9-10H2,1-2H3,(H2,17,19,20);1H. The molecule has 2 N–H and O–H groups in total. The van der Waals surface area contributed by atoms with E-state index in [1.54, 1.807) is 13.3 Å². The van der Waals surface area contributed by atoms with Crippen molar-refractivity contribution < 1.29 is 9.47 Å². The summed E-state index contributed by atoms with van der Waals surface area (Å²) in [6.07, 6.45) is 5.97. The molecule has 1 aromatic heterocycles. The molecule has 0 amide bonds. The number of nitrogens with zero attached hydrogens (tertiary/aromatic N) is 2. The average Bonchev–Trinajstić information content (AvgIpc) is 3.16. The first-order valence-electron chi connectivity index (χ1n) is 7.97. The normalized spacial score (nSPS) is 25.8. The molecule has 1 aromatic rings. The molecule has 3 unspecified atom stereocenters. The molecule has 2 aliphatic rings. The number of hydrogen-bond acceptors (Lipinski definition) is 4. The lowest BCUT2D eigenvalue weighted by Crippen LogP contribution is -2.47. The van der Waals surface area contributed by atoms with E-state index in [2.05, 4.69) is 27.5 Å². The van der Waals surface area contributed by atoms with Crippen molar-refractivity contribution in [2.45, 2.75) is 51.0 Å². The van der Waals surface area contributed by atoms with E-state index in [4.69, 9.17) is 9.47 Å². The topological polar surface area (TPSA) is 67.8 Å². The molecule has 3 rings (SSSR count). The maximum atomic E-state index is 5.89. The smallest absolute Gasteiger partial charge is 0.213 e. The quantitative estimate of drug-likeness (QED) is 0.424. The van der Waals surface area contributed by atoms with E-state index in [0.29, 0.717) is 30.7 Å². The minimum Gasteiger partial charge on any atom is -0.481 e. The first-order chi connectivity index (χ1) is 10.8. The first-order valence-corrected chi connectivity index (χ1v) is 7.97. The van der Waals surface area contributed by atoms with Gasteiger partial charge in [-0.2, -0.15) is 0 Å². The van der Waals surface area contributed by atoms with E-state index in [-0.39, 0.29) is 24.0 Å². The summed E-state index contributed by atoms with van der Waals surface area (Å²) < 4.78 is 11.0. The number of fused-ring (bicyclic) bond motifs is 2. The van der Waals surface area contributed by atoms with Gasteiger partial charge in [-0.1, -0.05) is 0 Å². The highest BCUT2D eigenvalue weighted by molar-refractivity contribution is 14.0. The molecule has 0 aliphatic carbocycles. The molecule has 0 spiro atoms. The molecule has 23 heavy (non-hydrogen) atoms. The number of halogens is 1. The Balaban J connectivity index is 0.00000192. The average molecular weight is 432 g/mol. The summed E-state index contributed by atoms with van der Waals surface area (Å²) in [5, 5.41) is 6.82. The van der Waals surface area contributed by atoms with E-state index in [1.165, 1.54) is 6.42 Å². The highest BCUT2D eigenvalue weighted by Crippen LogP contribution is 2.34. The third-order valence-corrected chi connectivity index (χ3v) is 4.20. The fraction of sp³-hybridized carbons (Fsp3) is 0.625. The van der Waals surface area contributed by atoms with Crippen LogP contribution in [0.25, 0.3) is 0 Å². The summed E-state index contributed by atoms with van der Waals surface area (Å²) in [5.41, 5.74) is 1.08. The van der Waals surface area contributed by atoms with Gasteiger partial charge in [0.25, 0.3) is 0 Å². The van der Waals surface area contributed by atoms with Gasteiger partial charge in [-0.15, -0.1) is 24.0 Å². The van der Waals surface area contributed by atoms with Crippen LogP contribution in [-0.2, 0) is 11.3 Å². The van der Waals surface area contributed by atoms with Crippen molar-refractivity contribution in [3.05, 3.63) is 23.9 Å². The van der Waals surface area contributed by atoms with Gasteiger partial charge in [-0.25, -0.2) is 9.98 Å². The molecule has 7 heteroatoms. The molecule has 128 valence electrons. The number of aliphatic imine (C=N–C) groups is 1. The van der Waals surface area contributed by atoms with Crippen LogP contribution in [0.1, 0.15) is 31.7 Å². The molecule has 3 heterocycles. The number of methoxy groups -OCH3 is 1. The number of rotatable bonds is 5. The zero-order valence-electron chi connectivity index (χ0n) is 13.6. The third-order valence-electron chi connectivity index (χ3n) is 4.20. The lowest BCUT2D eigenvalue weighted by Gasteiger charge is -2.22. The molecule has 2 aliphatic heterocycles. The minimum absolute atomic E-state index is 0. The number of guanidine groups is 1. The molecule has 0 aromatic carbocycles. The van der Waals surface area contributed by atoms with Crippen LogP contribution < -0.4 is 15.4 Å². The second-order valence-electron chi connectivity index (χ2n) is 5.76. The lowest BCUT2D eigenvalue weighted by atomic mass is 9.96. The Morgan fingerprint density at radius 3 is 3.00 bits per heavy atom. The Hall–Kier alpha value is -1.09. The maximum absolute atomic E-state index is 5.89. The summed E-state index contributed by atoms with van der Waals surface area (Å²) in [4.78, 5) is 8.77.